The highest BCUT2D eigenvalue weighted by molar-refractivity contribution is 9.10. The predicted octanol–water partition coefficient (Wildman–Crippen LogP) is 3.95. The van der Waals surface area contributed by atoms with Crippen molar-refractivity contribution in [1.29, 1.82) is 0 Å². The molecule has 0 aliphatic carbocycles. The van der Waals surface area contributed by atoms with Crippen molar-refractivity contribution in [2.75, 3.05) is 0 Å². The van der Waals surface area contributed by atoms with Crippen molar-refractivity contribution < 1.29 is 4.79 Å². The molecule has 0 aliphatic heterocycles. The molecule has 0 aliphatic rings. The molecule has 0 spiro atoms. The molecule has 0 saturated carbocycles. The van der Waals surface area contributed by atoms with Crippen molar-refractivity contribution in [2.24, 2.45) is 0 Å². The van der Waals surface area contributed by atoms with Crippen molar-refractivity contribution in [3.63, 3.8) is 0 Å². The Morgan fingerprint density at radius 2 is 2.04 bits per heavy atom. The summed E-state index contributed by atoms with van der Waals surface area (Å²) in [4.78, 5) is 12.6. The van der Waals surface area contributed by atoms with E-state index in [0.29, 0.717) is 16.7 Å². The van der Waals surface area contributed by atoms with Crippen molar-refractivity contribution >= 4 is 21.8 Å². The summed E-state index contributed by atoms with van der Waals surface area (Å²) in [5, 5.41) is 7.24. The number of aryl methyl sites for hydroxylation is 1. The molecule has 124 valence electrons. The van der Waals surface area contributed by atoms with E-state index in [2.05, 4.69) is 32.4 Å². The van der Waals surface area contributed by atoms with Crippen LogP contribution in [0.2, 0.25) is 0 Å². The zero-order valence-corrected chi connectivity index (χ0v) is 15.2. The largest absolute Gasteiger partial charge is 0.344 e. The van der Waals surface area contributed by atoms with Crippen LogP contribution in [-0.4, -0.2) is 20.3 Å². The lowest BCUT2D eigenvalue weighted by molar-refractivity contribution is 0.0928. The molecule has 5 nitrogen and oxygen atoms in total. The summed E-state index contributed by atoms with van der Waals surface area (Å²) in [5.41, 5.74) is 2.66. The van der Waals surface area contributed by atoms with Crippen molar-refractivity contribution in [1.82, 2.24) is 19.7 Å². The summed E-state index contributed by atoms with van der Waals surface area (Å²) in [7, 11) is 0. The van der Waals surface area contributed by atoms with E-state index in [0.717, 1.165) is 11.3 Å². The first-order valence-electron chi connectivity index (χ1n) is 7.85. The fourth-order valence-corrected chi connectivity index (χ4v) is 3.11. The number of hydrogen-bond donors (Lipinski definition) is 1. The molecule has 3 rings (SSSR count). The SMILES string of the molecule is CCn1ncc(Br)c1C(=O)NC(C)c1cccc(-n2cccc2)c1. The molecule has 2 heterocycles. The van der Waals surface area contributed by atoms with Crippen molar-refractivity contribution in [3.05, 3.63) is 70.7 Å². The number of halogens is 1. The van der Waals surface area contributed by atoms with Gasteiger partial charge < -0.3 is 9.88 Å². The summed E-state index contributed by atoms with van der Waals surface area (Å²) in [6, 6.07) is 12.0. The third-order valence-corrected chi connectivity index (χ3v) is 4.51. The van der Waals surface area contributed by atoms with Crippen molar-refractivity contribution in [3.8, 4) is 5.69 Å². The van der Waals surface area contributed by atoms with E-state index in [1.807, 2.05) is 61.1 Å². The number of nitrogens with one attached hydrogen (secondary N) is 1. The fourth-order valence-electron chi connectivity index (χ4n) is 2.64. The number of amides is 1. The molecule has 1 aromatic carbocycles. The maximum atomic E-state index is 12.6. The molecule has 6 heteroatoms. The average molecular weight is 387 g/mol. The van der Waals surface area contributed by atoms with E-state index in [9.17, 15) is 4.79 Å². The van der Waals surface area contributed by atoms with Crippen LogP contribution in [0.4, 0.5) is 0 Å². The first kappa shape index (κ1) is 16.5. The molecule has 2 aromatic heterocycles. The number of aromatic nitrogens is 3. The molecule has 0 fully saturated rings. The van der Waals surface area contributed by atoms with Gasteiger partial charge in [0.15, 0.2) is 0 Å². The highest BCUT2D eigenvalue weighted by Gasteiger charge is 2.19. The van der Waals surface area contributed by atoms with Crippen LogP contribution >= 0.6 is 15.9 Å². The Balaban J connectivity index is 1.80. The van der Waals surface area contributed by atoms with Crippen LogP contribution in [0.25, 0.3) is 5.69 Å². The zero-order chi connectivity index (χ0) is 17.1. The maximum Gasteiger partial charge on any atom is 0.271 e. The lowest BCUT2D eigenvalue weighted by atomic mass is 10.1. The van der Waals surface area contributed by atoms with Gasteiger partial charge in [-0.3, -0.25) is 9.48 Å². The number of rotatable bonds is 5. The highest BCUT2D eigenvalue weighted by atomic mass is 79.9. The smallest absolute Gasteiger partial charge is 0.271 e. The van der Waals surface area contributed by atoms with Gasteiger partial charge in [-0.05, 0) is 59.6 Å². The third kappa shape index (κ3) is 3.28. The predicted molar refractivity (Wildman–Crippen MR) is 97.3 cm³/mol. The minimum absolute atomic E-state index is 0.111. The quantitative estimate of drug-likeness (QED) is 0.721. The zero-order valence-electron chi connectivity index (χ0n) is 13.6. The van der Waals surface area contributed by atoms with E-state index in [1.165, 1.54) is 0 Å². The van der Waals surface area contributed by atoms with Crippen LogP contribution < -0.4 is 5.32 Å². The van der Waals surface area contributed by atoms with Crippen LogP contribution in [-0.2, 0) is 6.54 Å². The van der Waals surface area contributed by atoms with Gasteiger partial charge in [-0.2, -0.15) is 5.10 Å². The minimum atomic E-state index is -0.139. The Kier molecular flexibility index (Phi) is 4.85. The molecule has 1 amide bonds. The Morgan fingerprint density at radius 3 is 2.75 bits per heavy atom. The van der Waals surface area contributed by atoms with E-state index >= 15 is 0 Å². The summed E-state index contributed by atoms with van der Waals surface area (Å²) in [5.74, 6) is -0.139. The van der Waals surface area contributed by atoms with E-state index in [4.69, 9.17) is 0 Å². The molecule has 24 heavy (non-hydrogen) atoms. The van der Waals surface area contributed by atoms with Crippen LogP contribution in [0.1, 0.15) is 35.9 Å². The Morgan fingerprint density at radius 1 is 1.29 bits per heavy atom. The molecular weight excluding hydrogens is 368 g/mol. The second-order valence-corrected chi connectivity index (χ2v) is 6.39. The maximum absolute atomic E-state index is 12.6. The molecule has 0 bridgehead atoms. The van der Waals surface area contributed by atoms with E-state index in [1.54, 1.807) is 10.9 Å². The lowest BCUT2D eigenvalue weighted by Crippen LogP contribution is -2.29. The average Bonchev–Trinajstić information content (AvgIpc) is 3.24. The fraction of sp³-hybridized carbons (Fsp3) is 0.222. The van der Waals surface area contributed by atoms with Gasteiger partial charge in [0.1, 0.15) is 5.69 Å². The van der Waals surface area contributed by atoms with Gasteiger partial charge in [0.2, 0.25) is 0 Å². The number of carbonyl (C=O) groups is 1. The Labute approximate surface area is 149 Å². The number of benzene rings is 1. The number of carbonyl (C=O) groups excluding carboxylic acids is 1. The monoisotopic (exact) mass is 386 g/mol. The molecule has 1 unspecified atom stereocenters. The number of hydrogen-bond acceptors (Lipinski definition) is 2. The molecule has 1 atom stereocenters. The summed E-state index contributed by atoms with van der Waals surface area (Å²) < 4.78 is 4.43. The van der Waals surface area contributed by atoms with Gasteiger partial charge in [0, 0.05) is 24.6 Å². The molecule has 0 radical (unpaired) electrons. The summed E-state index contributed by atoms with van der Waals surface area (Å²) >= 11 is 3.39. The van der Waals surface area contributed by atoms with E-state index < -0.39 is 0 Å². The minimum Gasteiger partial charge on any atom is -0.344 e. The Hall–Kier alpha value is -2.34. The summed E-state index contributed by atoms with van der Waals surface area (Å²) in [6.45, 7) is 4.58. The number of nitrogens with zero attached hydrogens (tertiary/aromatic N) is 3. The Bertz CT molecular complexity index is 839. The molecule has 3 aromatic rings. The first-order valence-corrected chi connectivity index (χ1v) is 8.65. The van der Waals surface area contributed by atoms with Gasteiger partial charge in [-0.15, -0.1) is 0 Å². The normalized spacial score (nSPS) is 12.1. The van der Waals surface area contributed by atoms with Gasteiger partial charge in [0.05, 0.1) is 16.7 Å². The standard InChI is InChI=1S/C18H19BrN4O/c1-3-23-17(16(19)12-20-23)18(24)21-13(2)14-7-6-8-15(11-14)22-9-4-5-10-22/h4-13H,3H2,1-2H3,(H,21,24). The van der Waals surface area contributed by atoms with Crippen LogP contribution in [0.15, 0.2) is 59.5 Å². The van der Waals surface area contributed by atoms with Crippen LogP contribution in [0, 0.1) is 0 Å². The van der Waals surface area contributed by atoms with Gasteiger partial charge in [0.25, 0.3) is 5.91 Å². The highest BCUT2D eigenvalue weighted by Crippen LogP contribution is 2.20. The topological polar surface area (TPSA) is 51.9 Å². The lowest BCUT2D eigenvalue weighted by Gasteiger charge is -2.16. The second-order valence-electron chi connectivity index (χ2n) is 5.54. The van der Waals surface area contributed by atoms with Gasteiger partial charge in [-0.25, -0.2) is 0 Å². The van der Waals surface area contributed by atoms with Gasteiger partial charge in [-0.1, -0.05) is 12.1 Å². The second kappa shape index (κ2) is 7.05. The van der Waals surface area contributed by atoms with E-state index in [-0.39, 0.29) is 11.9 Å². The third-order valence-electron chi connectivity index (χ3n) is 3.93. The van der Waals surface area contributed by atoms with Crippen LogP contribution in [0.3, 0.4) is 0 Å². The first-order chi connectivity index (χ1) is 11.6. The van der Waals surface area contributed by atoms with Crippen molar-refractivity contribution in [2.45, 2.75) is 26.4 Å². The summed E-state index contributed by atoms with van der Waals surface area (Å²) in [6.07, 6.45) is 5.65. The molecular formula is C18H19BrN4O. The molecule has 0 saturated heterocycles. The van der Waals surface area contributed by atoms with Crippen LogP contribution in [0.5, 0.6) is 0 Å². The molecule has 1 N–H and O–H groups in total. The van der Waals surface area contributed by atoms with Gasteiger partial charge >= 0.3 is 0 Å².